The van der Waals surface area contributed by atoms with E-state index in [0.717, 1.165) is 87.9 Å². The van der Waals surface area contributed by atoms with Gasteiger partial charge in [0.25, 0.3) is 0 Å². The second kappa shape index (κ2) is 17.1. The van der Waals surface area contributed by atoms with Crippen LogP contribution in [-0.4, -0.2) is 28.7 Å². The van der Waals surface area contributed by atoms with E-state index in [-0.39, 0.29) is 0 Å². The zero-order chi connectivity index (χ0) is 50.6. The van der Waals surface area contributed by atoms with Gasteiger partial charge in [0, 0.05) is 54.8 Å². The molecule has 0 N–H and O–H groups in total. The molecule has 0 atom stereocenters. The van der Waals surface area contributed by atoms with Crippen LogP contribution in [-0.2, 0) is 0 Å². The summed E-state index contributed by atoms with van der Waals surface area (Å²) in [5.41, 5.74) is 15.4. The number of benzene rings is 12. The highest BCUT2D eigenvalue weighted by atomic mass is 15.2. The number of rotatable bonds is 7. The van der Waals surface area contributed by atoms with Crippen molar-refractivity contribution in [2.75, 3.05) is 0 Å². The zero-order valence-corrected chi connectivity index (χ0v) is 41.6. The van der Waals surface area contributed by atoms with Crippen LogP contribution in [0, 0.1) is 0 Å². The maximum absolute atomic E-state index is 5.51. The smallest absolute Gasteiger partial charge is 0.238 e. The van der Waals surface area contributed by atoms with E-state index in [1.807, 2.05) is 0 Å². The molecule has 0 saturated heterocycles. The second-order valence-corrected chi connectivity index (χ2v) is 20.0. The molecule has 0 saturated carbocycles. The quantitative estimate of drug-likeness (QED) is 0.160. The molecular weight excluding hydrogens is 937 g/mol. The van der Waals surface area contributed by atoms with Crippen molar-refractivity contribution in [2.45, 2.75) is 0 Å². The number of fused-ring (bicyclic) bond motifs is 11. The zero-order valence-electron chi connectivity index (χ0n) is 41.6. The van der Waals surface area contributed by atoms with Gasteiger partial charge in [0.05, 0.1) is 33.1 Å². The Morgan fingerprint density at radius 2 is 0.584 bits per heavy atom. The summed E-state index contributed by atoms with van der Waals surface area (Å²) in [5.74, 6) is 1.76. The molecule has 0 aliphatic carbocycles. The predicted octanol–water partition coefficient (Wildman–Crippen LogP) is 18.1. The van der Waals surface area contributed by atoms with Gasteiger partial charge in [-0.3, -0.25) is 4.57 Å². The highest BCUT2D eigenvalue weighted by molar-refractivity contribution is 6.15. The van der Waals surface area contributed by atoms with Gasteiger partial charge in [0.15, 0.2) is 11.6 Å². The number of nitrogens with zero attached hydrogens (tertiary/aromatic N) is 6. The van der Waals surface area contributed by atoms with Gasteiger partial charge >= 0.3 is 0 Å². The molecule has 16 aromatic rings. The first-order valence-corrected chi connectivity index (χ1v) is 26.2. The van der Waals surface area contributed by atoms with Crippen molar-refractivity contribution in [3.05, 3.63) is 267 Å². The molecule has 77 heavy (non-hydrogen) atoms. The van der Waals surface area contributed by atoms with Crippen LogP contribution >= 0.6 is 0 Å². The van der Waals surface area contributed by atoms with Crippen LogP contribution in [0.15, 0.2) is 267 Å². The van der Waals surface area contributed by atoms with Crippen molar-refractivity contribution in [1.82, 2.24) is 28.7 Å². The Hall–Kier alpha value is -10.4. The van der Waals surface area contributed by atoms with E-state index in [9.17, 15) is 0 Å². The van der Waals surface area contributed by atoms with E-state index in [1.165, 1.54) is 43.8 Å². The molecule has 4 heterocycles. The Morgan fingerprint density at radius 1 is 0.221 bits per heavy atom. The highest BCUT2D eigenvalue weighted by Gasteiger charge is 2.23. The Bertz CT molecular complexity index is 4720. The average molecular weight is 981 g/mol. The third-order valence-electron chi connectivity index (χ3n) is 15.7. The minimum atomic E-state index is 0.543. The van der Waals surface area contributed by atoms with E-state index in [2.05, 4.69) is 281 Å². The summed E-state index contributed by atoms with van der Waals surface area (Å²) >= 11 is 0. The summed E-state index contributed by atoms with van der Waals surface area (Å²) in [4.78, 5) is 16.4. The van der Waals surface area contributed by atoms with Gasteiger partial charge in [-0.25, -0.2) is 4.98 Å². The molecule has 0 aliphatic rings. The molecule has 0 bridgehead atoms. The molecule has 0 amide bonds. The number of hydrogen-bond acceptors (Lipinski definition) is 3. The van der Waals surface area contributed by atoms with E-state index in [4.69, 9.17) is 15.0 Å². The van der Waals surface area contributed by atoms with Crippen LogP contribution in [0.5, 0.6) is 0 Å². The summed E-state index contributed by atoms with van der Waals surface area (Å²) in [6.45, 7) is 0. The summed E-state index contributed by atoms with van der Waals surface area (Å²) < 4.78 is 7.09. The van der Waals surface area contributed by atoms with Crippen LogP contribution in [0.25, 0.3) is 149 Å². The maximum atomic E-state index is 5.51. The first-order chi connectivity index (χ1) is 38.2. The van der Waals surface area contributed by atoms with Gasteiger partial charge in [-0.05, 0) is 117 Å². The van der Waals surface area contributed by atoms with Crippen LogP contribution in [0.2, 0.25) is 0 Å². The fourth-order valence-corrected chi connectivity index (χ4v) is 12.2. The largest absolute Gasteiger partial charge is 0.309 e. The van der Waals surface area contributed by atoms with Crippen LogP contribution < -0.4 is 0 Å². The highest BCUT2D eigenvalue weighted by Crippen LogP contribution is 2.42. The van der Waals surface area contributed by atoms with Gasteiger partial charge in [0.2, 0.25) is 5.95 Å². The van der Waals surface area contributed by atoms with Crippen molar-refractivity contribution < 1.29 is 0 Å². The van der Waals surface area contributed by atoms with E-state index in [1.54, 1.807) is 0 Å². The van der Waals surface area contributed by atoms with Crippen LogP contribution in [0.3, 0.4) is 0 Å². The van der Waals surface area contributed by atoms with Crippen LogP contribution in [0.1, 0.15) is 0 Å². The predicted molar refractivity (Wildman–Crippen MR) is 320 cm³/mol. The minimum Gasteiger partial charge on any atom is -0.309 e. The molecule has 12 aromatic carbocycles. The molecule has 0 spiro atoms. The van der Waals surface area contributed by atoms with Gasteiger partial charge in [-0.15, -0.1) is 0 Å². The van der Waals surface area contributed by atoms with Crippen LogP contribution in [0.4, 0.5) is 0 Å². The van der Waals surface area contributed by atoms with E-state index >= 15 is 0 Å². The molecule has 16 rings (SSSR count). The van der Waals surface area contributed by atoms with Gasteiger partial charge in [-0.1, -0.05) is 194 Å². The minimum absolute atomic E-state index is 0.543. The molecular formula is C71H44N6. The Labute approximate surface area is 442 Å². The number of aromatic nitrogens is 6. The lowest BCUT2D eigenvalue weighted by Crippen LogP contribution is -2.07. The van der Waals surface area contributed by atoms with Crippen molar-refractivity contribution in [3.8, 4) is 62.4 Å². The SMILES string of the molecule is c1ccc(-c2ccc3c(c2)c2ccccc2n3-c2ccc3c(c2)c2cc(-n4c5ccccc5c5cc(-c6ccccc6)ccc54)ccc2n3-c2nc(-c3cccc4ccccc34)nc(-c3cccc4ccccc34)n2)cc1. The van der Waals surface area contributed by atoms with E-state index < -0.39 is 0 Å². The lowest BCUT2D eigenvalue weighted by atomic mass is 10.0. The molecule has 0 radical (unpaired) electrons. The molecule has 0 aliphatic heterocycles. The molecule has 0 fully saturated rings. The lowest BCUT2D eigenvalue weighted by Gasteiger charge is -2.13. The molecule has 0 unspecified atom stereocenters. The Morgan fingerprint density at radius 3 is 1.06 bits per heavy atom. The van der Waals surface area contributed by atoms with Crippen molar-refractivity contribution in [2.24, 2.45) is 0 Å². The standard InChI is InChI=1S/C71H44N6/c1-3-17-45(18-4-1)49-33-37-65-59(41-49)55-27-11-13-31-63(55)75(65)51-35-39-67-61(43-51)62-44-52(76-64-32-14-12-28-56(64)60-42-50(34-38-66(60)76)46-19-5-2-6-20-46)36-40-68(62)77(67)71-73-69(57-29-15-23-47-21-7-9-25-53(47)57)72-70(74-71)58-30-16-24-48-22-8-10-26-54(48)58/h1-44H. The molecule has 4 aromatic heterocycles. The van der Waals surface area contributed by atoms with Crippen molar-refractivity contribution in [3.63, 3.8) is 0 Å². The maximum Gasteiger partial charge on any atom is 0.238 e. The topological polar surface area (TPSA) is 53.5 Å². The third kappa shape index (κ3) is 6.79. The Balaban J connectivity index is 0.978. The summed E-state index contributed by atoms with van der Waals surface area (Å²) in [5, 5.41) is 11.4. The first-order valence-electron chi connectivity index (χ1n) is 26.2. The van der Waals surface area contributed by atoms with Crippen molar-refractivity contribution >= 4 is 87.0 Å². The van der Waals surface area contributed by atoms with E-state index in [0.29, 0.717) is 17.6 Å². The fourth-order valence-electron chi connectivity index (χ4n) is 12.2. The summed E-state index contributed by atoms with van der Waals surface area (Å²) in [6.07, 6.45) is 0. The number of hydrogen-bond donors (Lipinski definition) is 0. The summed E-state index contributed by atoms with van der Waals surface area (Å²) in [7, 11) is 0. The lowest BCUT2D eigenvalue weighted by molar-refractivity contribution is 0.955. The normalized spacial score (nSPS) is 11.9. The van der Waals surface area contributed by atoms with Crippen molar-refractivity contribution in [1.29, 1.82) is 0 Å². The second-order valence-electron chi connectivity index (χ2n) is 20.0. The molecule has 6 heteroatoms. The van der Waals surface area contributed by atoms with Gasteiger partial charge < -0.3 is 9.13 Å². The fraction of sp³-hybridized carbons (Fsp3) is 0. The average Bonchev–Trinajstić information content (AvgIpc) is 4.25. The molecule has 6 nitrogen and oxygen atoms in total. The Kier molecular flexibility index (Phi) is 9.53. The molecule has 358 valence electrons. The first kappa shape index (κ1) is 43.0. The number of para-hydroxylation sites is 2. The van der Waals surface area contributed by atoms with Gasteiger partial charge in [0.1, 0.15) is 0 Å². The third-order valence-corrected chi connectivity index (χ3v) is 15.7. The monoisotopic (exact) mass is 980 g/mol. The van der Waals surface area contributed by atoms with Gasteiger partial charge in [-0.2, -0.15) is 9.97 Å². The summed E-state index contributed by atoms with van der Waals surface area (Å²) in [6, 6.07) is 96.0.